The minimum atomic E-state index is -0.319. The largest absolute Gasteiger partial charge is 0.344 e. The van der Waals surface area contributed by atoms with Crippen molar-refractivity contribution in [1.82, 2.24) is 10.2 Å². The van der Waals surface area contributed by atoms with Crippen LogP contribution in [0.3, 0.4) is 0 Å². The SMILES string of the molecule is CC(C)CC1NC(=O)CCN(C2CCCC(C)CC2)C1=O. The van der Waals surface area contributed by atoms with Gasteiger partial charge in [-0.15, -0.1) is 0 Å². The van der Waals surface area contributed by atoms with E-state index in [1.165, 1.54) is 19.3 Å². The molecule has 3 atom stereocenters. The van der Waals surface area contributed by atoms with Crippen molar-refractivity contribution in [2.24, 2.45) is 11.8 Å². The molecule has 1 aliphatic heterocycles. The Labute approximate surface area is 128 Å². The molecule has 2 rings (SSSR count). The van der Waals surface area contributed by atoms with Crippen LogP contribution in [0.5, 0.6) is 0 Å². The molecule has 1 saturated heterocycles. The molecule has 2 aliphatic rings. The Kier molecular flexibility index (Phi) is 5.65. The number of carbonyl (C=O) groups excluding carboxylic acids is 2. The summed E-state index contributed by atoms with van der Waals surface area (Å²) in [6, 6.07) is 0.0190. The third-order valence-corrected chi connectivity index (χ3v) is 4.87. The first-order chi connectivity index (χ1) is 9.97. The molecule has 1 heterocycles. The van der Waals surface area contributed by atoms with Gasteiger partial charge in [-0.25, -0.2) is 0 Å². The molecule has 0 bridgehead atoms. The van der Waals surface area contributed by atoms with Gasteiger partial charge >= 0.3 is 0 Å². The molecule has 1 N–H and O–H groups in total. The Hall–Kier alpha value is -1.06. The Morgan fingerprint density at radius 2 is 1.95 bits per heavy atom. The van der Waals surface area contributed by atoms with Crippen LogP contribution in [0.1, 0.15) is 65.7 Å². The average Bonchev–Trinajstić information content (AvgIpc) is 2.69. The maximum atomic E-state index is 12.8. The Bertz CT molecular complexity index is 381. The van der Waals surface area contributed by atoms with Crippen LogP contribution < -0.4 is 5.32 Å². The normalized spacial score (nSPS) is 31.8. The first kappa shape index (κ1) is 16.3. The standard InChI is InChI=1S/C17H30N2O2/c1-12(2)11-15-17(21)19(10-9-16(20)18-15)14-6-4-5-13(3)7-8-14/h12-15H,4-11H2,1-3H3,(H,18,20). The molecule has 120 valence electrons. The highest BCUT2D eigenvalue weighted by atomic mass is 16.2. The van der Waals surface area contributed by atoms with Crippen LogP contribution in [0.2, 0.25) is 0 Å². The third kappa shape index (κ3) is 4.45. The summed E-state index contributed by atoms with van der Waals surface area (Å²) in [7, 11) is 0. The van der Waals surface area contributed by atoms with E-state index in [2.05, 4.69) is 26.1 Å². The predicted molar refractivity (Wildman–Crippen MR) is 83.8 cm³/mol. The summed E-state index contributed by atoms with van der Waals surface area (Å²) in [5.74, 6) is 1.35. The Morgan fingerprint density at radius 3 is 2.67 bits per heavy atom. The van der Waals surface area contributed by atoms with Crippen LogP contribution in [-0.2, 0) is 9.59 Å². The van der Waals surface area contributed by atoms with Gasteiger partial charge in [-0.3, -0.25) is 9.59 Å². The Balaban J connectivity index is 2.09. The van der Waals surface area contributed by atoms with Gasteiger partial charge < -0.3 is 10.2 Å². The smallest absolute Gasteiger partial charge is 0.245 e. The average molecular weight is 294 g/mol. The van der Waals surface area contributed by atoms with E-state index in [-0.39, 0.29) is 17.9 Å². The molecule has 2 amide bonds. The number of carbonyl (C=O) groups is 2. The van der Waals surface area contributed by atoms with Crippen LogP contribution in [0, 0.1) is 11.8 Å². The molecule has 4 nitrogen and oxygen atoms in total. The van der Waals surface area contributed by atoms with Crippen molar-refractivity contribution in [2.75, 3.05) is 6.54 Å². The molecule has 2 fully saturated rings. The van der Waals surface area contributed by atoms with Crippen molar-refractivity contribution in [3.05, 3.63) is 0 Å². The van der Waals surface area contributed by atoms with Gasteiger partial charge in [0.05, 0.1) is 0 Å². The van der Waals surface area contributed by atoms with E-state index < -0.39 is 0 Å². The van der Waals surface area contributed by atoms with Gasteiger partial charge in [0.25, 0.3) is 0 Å². The Morgan fingerprint density at radius 1 is 1.19 bits per heavy atom. The van der Waals surface area contributed by atoms with Crippen LogP contribution in [0.15, 0.2) is 0 Å². The fraction of sp³-hybridized carbons (Fsp3) is 0.882. The van der Waals surface area contributed by atoms with Crippen molar-refractivity contribution in [2.45, 2.75) is 77.8 Å². The van der Waals surface area contributed by atoms with E-state index in [0.717, 1.165) is 25.2 Å². The molecule has 0 aromatic rings. The molecular weight excluding hydrogens is 264 g/mol. The van der Waals surface area contributed by atoms with E-state index in [4.69, 9.17) is 0 Å². The molecule has 4 heteroatoms. The third-order valence-electron chi connectivity index (χ3n) is 4.87. The summed E-state index contributed by atoms with van der Waals surface area (Å²) in [4.78, 5) is 26.7. The molecule has 0 aromatic heterocycles. The minimum Gasteiger partial charge on any atom is -0.344 e. The lowest BCUT2D eigenvalue weighted by Crippen LogP contribution is -2.48. The summed E-state index contributed by atoms with van der Waals surface area (Å²) in [5.41, 5.74) is 0. The second-order valence-electron chi connectivity index (χ2n) is 7.30. The van der Waals surface area contributed by atoms with E-state index in [1.54, 1.807) is 0 Å². The van der Waals surface area contributed by atoms with E-state index >= 15 is 0 Å². The fourth-order valence-corrected chi connectivity index (χ4v) is 3.63. The lowest BCUT2D eigenvalue weighted by atomic mass is 10.0. The van der Waals surface area contributed by atoms with Crippen molar-refractivity contribution in [3.8, 4) is 0 Å². The minimum absolute atomic E-state index is 0.0264. The maximum Gasteiger partial charge on any atom is 0.245 e. The molecule has 21 heavy (non-hydrogen) atoms. The molecule has 3 unspecified atom stereocenters. The maximum absolute atomic E-state index is 12.8. The molecule has 0 spiro atoms. The number of amides is 2. The van der Waals surface area contributed by atoms with Gasteiger partial charge in [-0.05, 0) is 37.5 Å². The van der Waals surface area contributed by atoms with Crippen molar-refractivity contribution >= 4 is 11.8 Å². The highest BCUT2D eigenvalue weighted by Crippen LogP contribution is 2.27. The topological polar surface area (TPSA) is 49.4 Å². The first-order valence-electron chi connectivity index (χ1n) is 8.57. The zero-order chi connectivity index (χ0) is 15.4. The van der Waals surface area contributed by atoms with E-state index in [9.17, 15) is 9.59 Å². The molecule has 0 radical (unpaired) electrons. The molecule has 1 saturated carbocycles. The van der Waals surface area contributed by atoms with Crippen molar-refractivity contribution in [3.63, 3.8) is 0 Å². The monoisotopic (exact) mass is 294 g/mol. The van der Waals surface area contributed by atoms with Gasteiger partial charge in [0.1, 0.15) is 6.04 Å². The summed E-state index contributed by atoms with van der Waals surface area (Å²) >= 11 is 0. The van der Waals surface area contributed by atoms with Crippen LogP contribution >= 0.6 is 0 Å². The van der Waals surface area contributed by atoms with Gasteiger partial charge in [0.15, 0.2) is 0 Å². The van der Waals surface area contributed by atoms with E-state index in [1.807, 2.05) is 4.90 Å². The fourth-order valence-electron chi connectivity index (χ4n) is 3.63. The summed E-state index contributed by atoms with van der Waals surface area (Å²) in [6.45, 7) is 7.10. The zero-order valence-electron chi connectivity index (χ0n) is 13.7. The lowest BCUT2D eigenvalue weighted by molar-refractivity contribution is -0.136. The number of hydrogen-bond donors (Lipinski definition) is 1. The van der Waals surface area contributed by atoms with Gasteiger partial charge in [0, 0.05) is 19.0 Å². The zero-order valence-corrected chi connectivity index (χ0v) is 13.7. The highest BCUT2D eigenvalue weighted by Gasteiger charge is 2.34. The van der Waals surface area contributed by atoms with E-state index in [0.29, 0.717) is 24.9 Å². The molecule has 0 aromatic carbocycles. The van der Waals surface area contributed by atoms with Gasteiger partial charge in [0.2, 0.25) is 11.8 Å². The van der Waals surface area contributed by atoms with Crippen molar-refractivity contribution in [1.29, 1.82) is 0 Å². The number of rotatable bonds is 3. The first-order valence-corrected chi connectivity index (χ1v) is 8.57. The van der Waals surface area contributed by atoms with Crippen LogP contribution in [0.4, 0.5) is 0 Å². The van der Waals surface area contributed by atoms with Crippen molar-refractivity contribution < 1.29 is 9.59 Å². The highest BCUT2D eigenvalue weighted by molar-refractivity contribution is 5.90. The quantitative estimate of drug-likeness (QED) is 0.814. The van der Waals surface area contributed by atoms with Gasteiger partial charge in [-0.2, -0.15) is 0 Å². The molecule has 1 aliphatic carbocycles. The summed E-state index contributed by atoms with van der Waals surface area (Å²) in [6.07, 6.45) is 7.05. The van der Waals surface area contributed by atoms with Crippen LogP contribution in [-0.4, -0.2) is 35.3 Å². The van der Waals surface area contributed by atoms with Gasteiger partial charge in [-0.1, -0.05) is 33.6 Å². The second-order valence-corrected chi connectivity index (χ2v) is 7.30. The summed E-state index contributed by atoms with van der Waals surface area (Å²) < 4.78 is 0. The summed E-state index contributed by atoms with van der Waals surface area (Å²) in [5, 5.41) is 2.92. The lowest BCUT2D eigenvalue weighted by Gasteiger charge is -2.32. The number of nitrogens with one attached hydrogen (secondary N) is 1. The second kappa shape index (κ2) is 7.28. The molecular formula is C17H30N2O2. The number of nitrogens with zero attached hydrogens (tertiary/aromatic N) is 1. The number of hydrogen-bond acceptors (Lipinski definition) is 2. The van der Waals surface area contributed by atoms with Crippen LogP contribution in [0.25, 0.3) is 0 Å². The predicted octanol–water partition coefficient (Wildman–Crippen LogP) is 2.72.